The van der Waals surface area contributed by atoms with Gasteiger partial charge in [0.25, 0.3) is 0 Å². The lowest BCUT2D eigenvalue weighted by molar-refractivity contribution is 0.175. The van der Waals surface area contributed by atoms with Crippen molar-refractivity contribution in [2.45, 2.75) is 26.5 Å². The lowest BCUT2D eigenvalue weighted by Gasteiger charge is -2.10. The van der Waals surface area contributed by atoms with Gasteiger partial charge >= 0.3 is 6.03 Å². The van der Waals surface area contributed by atoms with Gasteiger partial charge in [-0.15, -0.1) is 0 Å². The molecule has 2 rings (SSSR count). The van der Waals surface area contributed by atoms with E-state index in [0.717, 1.165) is 12.1 Å². The van der Waals surface area contributed by atoms with Crippen LogP contribution >= 0.6 is 11.3 Å². The third kappa shape index (κ3) is 4.87. The summed E-state index contributed by atoms with van der Waals surface area (Å²) in [5.74, 6) is 0.493. The molecule has 0 saturated heterocycles. The molecule has 21 heavy (non-hydrogen) atoms. The first-order valence-electron chi connectivity index (χ1n) is 6.82. The number of amides is 2. The van der Waals surface area contributed by atoms with Crippen LogP contribution in [0.4, 0.5) is 10.5 Å². The Morgan fingerprint density at radius 1 is 1.52 bits per heavy atom. The number of rotatable bonds is 6. The quantitative estimate of drug-likeness (QED) is 0.767. The SMILES string of the molecule is CC(C)Cn1cc(NC(=O)NCC(O)c2ccsc2)cn1. The number of aromatic nitrogens is 2. The Bertz CT molecular complexity index is 565. The average Bonchev–Trinajstić information content (AvgIpc) is 3.07. The first-order chi connectivity index (χ1) is 10.0. The molecule has 2 aromatic heterocycles. The molecular formula is C14H20N4O2S. The highest BCUT2D eigenvalue weighted by Gasteiger charge is 2.10. The van der Waals surface area contributed by atoms with Crippen molar-refractivity contribution in [1.29, 1.82) is 0 Å². The Labute approximate surface area is 127 Å². The zero-order valence-electron chi connectivity index (χ0n) is 12.1. The molecule has 0 aliphatic carbocycles. The number of anilines is 1. The van der Waals surface area contributed by atoms with Gasteiger partial charge in [-0.1, -0.05) is 13.8 Å². The van der Waals surface area contributed by atoms with E-state index in [1.54, 1.807) is 17.1 Å². The van der Waals surface area contributed by atoms with Crippen LogP contribution in [-0.4, -0.2) is 27.5 Å². The van der Waals surface area contributed by atoms with E-state index in [9.17, 15) is 9.90 Å². The van der Waals surface area contributed by atoms with E-state index < -0.39 is 6.10 Å². The van der Waals surface area contributed by atoms with E-state index >= 15 is 0 Å². The number of carbonyl (C=O) groups is 1. The van der Waals surface area contributed by atoms with Gasteiger partial charge in [-0.05, 0) is 28.3 Å². The lowest BCUT2D eigenvalue weighted by Crippen LogP contribution is -2.32. The van der Waals surface area contributed by atoms with Gasteiger partial charge in [-0.2, -0.15) is 16.4 Å². The number of carbonyl (C=O) groups excluding carboxylic acids is 1. The van der Waals surface area contributed by atoms with Gasteiger partial charge in [0.1, 0.15) is 0 Å². The van der Waals surface area contributed by atoms with E-state index in [2.05, 4.69) is 29.6 Å². The fraction of sp³-hybridized carbons (Fsp3) is 0.429. The summed E-state index contributed by atoms with van der Waals surface area (Å²) in [5, 5.41) is 23.1. The number of nitrogens with one attached hydrogen (secondary N) is 2. The third-order valence-corrected chi connectivity index (χ3v) is 3.53. The smallest absolute Gasteiger partial charge is 0.319 e. The fourth-order valence-corrected chi connectivity index (χ4v) is 2.56. The molecule has 0 saturated carbocycles. The minimum absolute atomic E-state index is 0.169. The van der Waals surface area contributed by atoms with Crippen LogP contribution in [0, 0.1) is 5.92 Å². The van der Waals surface area contributed by atoms with Crippen molar-refractivity contribution in [3.8, 4) is 0 Å². The van der Waals surface area contributed by atoms with Gasteiger partial charge in [-0.3, -0.25) is 4.68 Å². The lowest BCUT2D eigenvalue weighted by atomic mass is 10.2. The summed E-state index contributed by atoms with van der Waals surface area (Å²) < 4.78 is 1.79. The maximum Gasteiger partial charge on any atom is 0.319 e. The third-order valence-electron chi connectivity index (χ3n) is 2.83. The van der Waals surface area contributed by atoms with Gasteiger partial charge in [0.2, 0.25) is 0 Å². The number of hydrogen-bond donors (Lipinski definition) is 3. The molecule has 7 heteroatoms. The summed E-state index contributed by atoms with van der Waals surface area (Å²) in [4.78, 5) is 11.8. The summed E-state index contributed by atoms with van der Waals surface area (Å²) in [6.07, 6.45) is 2.71. The van der Waals surface area contributed by atoms with Crippen molar-refractivity contribution in [3.63, 3.8) is 0 Å². The van der Waals surface area contributed by atoms with Crippen molar-refractivity contribution in [1.82, 2.24) is 15.1 Å². The number of aliphatic hydroxyl groups is 1. The van der Waals surface area contributed by atoms with Gasteiger partial charge in [-0.25, -0.2) is 4.79 Å². The van der Waals surface area contributed by atoms with Crippen molar-refractivity contribution in [2.75, 3.05) is 11.9 Å². The summed E-state index contributed by atoms with van der Waals surface area (Å²) in [6.45, 7) is 5.18. The molecule has 114 valence electrons. The van der Waals surface area contributed by atoms with Crippen LogP contribution in [0.1, 0.15) is 25.5 Å². The number of aliphatic hydroxyl groups excluding tert-OH is 1. The second-order valence-electron chi connectivity index (χ2n) is 5.25. The molecule has 0 aromatic carbocycles. The Kier molecular flexibility index (Phi) is 5.35. The van der Waals surface area contributed by atoms with Crippen LogP contribution < -0.4 is 10.6 Å². The van der Waals surface area contributed by atoms with Crippen LogP contribution in [0.2, 0.25) is 0 Å². The maximum absolute atomic E-state index is 11.8. The van der Waals surface area contributed by atoms with Crippen LogP contribution in [0.25, 0.3) is 0 Å². The molecule has 3 N–H and O–H groups in total. The Balaban J connectivity index is 1.78. The van der Waals surface area contributed by atoms with Gasteiger partial charge in [0.15, 0.2) is 0 Å². The van der Waals surface area contributed by atoms with Crippen molar-refractivity contribution < 1.29 is 9.90 Å². The Morgan fingerprint density at radius 3 is 3.00 bits per heavy atom. The highest BCUT2D eigenvalue weighted by molar-refractivity contribution is 7.07. The predicted octanol–water partition coefficient (Wildman–Crippen LogP) is 2.46. The van der Waals surface area contributed by atoms with Gasteiger partial charge in [0.05, 0.1) is 18.0 Å². The average molecular weight is 308 g/mol. The Hall–Kier alpha value is -1.86. The molecule has 0 aliphatic heterocycles. The van der Waals surface area contributed by atoms with E-state index in [1.165, 1.54) is 11.3 Å². The second kappa shape index (κ2) is 7.24. The molecule has 0 spiro atoms. The normalized spacial score (nSPS) is 12.4. The molecule has 0 aliphatic rings. The van der Waals surface area contributed by atoms with Gasteiger partial charge in [0, 0.05) is 19.3 Å². The van der Waals surface area contributed by atoms with E-state index in [0.29, 0.717) is 11.6 Å². The molecule has 1 atom stereocenters. The minimum Gasteiger partial charge on any atom is -0.387 e. The largest absolute Gasteiger partial charge is 0.387 e. The first kappa shape index (κ1) is 15.5. The van der Waals surface area contributed by atoms with E-state index in [4.69, 9.17) is 0 Å². The number of hydrogen-bond acceptors (Lipinski definition) is 4. The summed E-state index contributed by atoms with van der Waals surface area (Å²) in [5.41, 5.74) is 1.45. The van der Waals surface area contributed by atoms with Crippen LogP contribution in [0.15, 0.2) is 29.2 Å². The van der Waals surface area contributed by atoms with E-state index in [-0.39, 0.29) is 12.6 Å². The standard InChI is InChI=1S/C14H20N4O2S/c1-10(2)7-18-8-12(5-16-18)17-14(20)15-6-13(19)11-3-4-21-9-11/h3-5,8-10,13,19H,6-7H2,1-2H3,(H2,15,17,20). The number of urea groups is 1. The molecule has 1 unspecified atom stereocenters. The van der Waals surface area contributed by atoms with E-state index in [1.807, 2.05) is 16.8 Å². The minimum atomic E-state index is -0.689. The zero-order chi connectivity index (χ0) is 15.2. The molecule has 0 fully saturated rings. The summed E-state index contributed by atoms with van der Waals surface area (Å²) in [7, 11) is 0. The highest BCUT2D eigenvalue weighted by atomic mass is 32.1. The van der Waals surface area contributed by atoms with Crippen LogP contribution in [-0.2, 0) is 6.54 Å². The molecule has 2 amide bonds. The monoisotopic (exact) mass is 308 g/mol. The molecule has 6 nitrogen and oxygen atoms in total. The van der Waals surface area contributed by atoms with Crippen LogP contribution in [0.3, 0.4) is 0 Å². The van der Waals surface area contributed by atoms with Crippen LogP contribution in [0.5, 0.6) is 0 Å². The topological polar surface area (TPSA) is 79.2 Å². The maximum atomic E-state index is 11.8. The zero-order valence-corrected chi connectivity index (χ0v) is 12.9. The summed E-state index contributed by atoms with van der Waals surface area (Å²) in [6, 6.07) is 1.48. The molecule has 2 aromatic rings. The van der Waals surface area contributed by atoms with Gasteiger partial charge < -0.3 is 15.7 Å². The van der Waals surface area contributed by atoms with Crippen molar-refractivity contribution >= 4 is 23.1 Å². The fourth-order valence-electron chi connectivity index (χ4n) is 1.85. The number of thiophene rings is 1. The summed E-state index contributed by atoms with van der Waals surface area (Å²) >= 11 is 1.51. The Morgan fingerprint density at radius 2 is 2.33 bits per heavy atom. The predicted molar refractivity (Wildman–Crippen MR) is 83.4 cm³/mol. The number of nitrogens with zero attached hydrogens (tertiary/aromatic N) is 2. The first-order valence-corrected chi connectivity index (χ1v) is 7.76. The molecule has 0 bridgehead atoms. The molecule has 2 heterocycles. The second-order valence-corrected chi connectivity index (χ2v) is 6.03. The van der Waals surface area contributed by atoms with Crippen molar-refractivity contribution in [3.05, 3.63) is 34.8 Å². The highest BCUT2D eigenvalue weighted by Crippen LogP contribution is 2.15. The van der Waals surface area contributed by atoms with Crippen molar-refractivity contribution in [2.24, 2.45) is 5.92 Å². The molecule has 0 radical (unpaired) electrons. The molecular weight excluding hydrogens is 288 g/mol.